The molecule has 0 amide bonds. The van der Waals surface area contributed by atoms with Gasteiger partial charge in [0.2, 0.25) is 0 Å². The summed E-state index contributed by atoms with van der Waals surface area (Å²) < 4.78 is 5.32. The Labute approximate surface area is 148 Å². The predicted molar refractivity (Wildman–Crippen MR) is 101 cm³/mol. The van der Waals surface area contributed by atoms with Gasteiger partial charge in [-0.15, -0.1) is 6.58 Å². The van der Waals surface area contributed by atoms with Crippen molar-refractivity contribution in [2.45, 2.75) is 5.41 Å². The van der Waals surface area contributed by atoms with Crippen LogP contribution in [0.5, 0.6) is 5.75 Å². The van der Waals surface area contributed by atoms with Crippen LogP contribution in [0.1, 0.15) is 16.7 Å². The Hall–Kier alpha value is -2.45. The van der Waals surface area contributed by atoms with Crippen LogP contribution >= 0.6 is 8.60 Å². The molecule has 0 aliphatic rings. The molecule has 25 heavy (non-hydrogen) atoms. The average Bonchev–Trinajstić information content (AvgIpc) is 2.65. The minimum absolute atomic E-state index is 0.422. The molecular formula is C21H19O3P. The summed E-state index contributed by atoms with van der Waals surface area (Å²) >= 11 is 0. The molecule has 3 aromatic rings. The van der Waals surface area contributed by atoms with Crippen LogP contribution in [0.3, 0.4) is 0 Å². The van der Waals surface area contributed by atoms with Gasteiger partial charge in [-0.25, -0.2) is 0 Å². The van der Waals surface area contributed by atoms with E-state index in [4.69, 9.17) is 4.52 Å². The minimum atomic E-state index is -2.52. The highest BCUT2D eigenvalue weighted by atomic mass is 31.2. The van der Waals surface area contributed by atoms with E-state index in [9.17, 15) is 9.79 Å². The van der Waals surface area contributed by atoms with Gasteiger partial charge in [-0.3, -0.25) is 0 Å². The number of allylic oxidation sites excluding steroid dienone is 1. The molecule has 3 rings (SSSR count). The van der Waals surface area contributed by atoms with Crippen LogP contribution in [0.4, 0.5) is 0 Å². The summed E-state index contributed by atoms with van der Waals surface area (Å²) in [6, 6.07) is 27.3. The fourth-order valence-corrected chi connectivity index (χ4v) is 3.52. The Balaban J connectivity index is 2.32. The molecule has 0 heterocycles. The zero-order valence-electron chi connectivity index (χ0n) is 13.6. The zero-order chi connectivity index (χ0) is 17.7. The molecule has 0 unspecified atom stereocenters. The third-order valence-corrected chi connectivity index (χ3v) is 4.62. The van der Waals surface area contributed by atoms with Gasteiger partial charge in [-0.2, -0.15) is 0 Å². The maximum Gasteiger partial charge on any atom is 0.391 e. The number of hydrogen-bond donors (Lipinski definition) is 2. The average molecular weight is 350 g/mol. The second-order valence-corrected chi connectivity index (χ2v) is 6.27. The first-order valence-corrected chi connectivity index (χ1v) is 9.05. The smallest absolute Gasteiger partial charge is 0.391 e. The lowest BCUT2D eigenvalue weighted by molar-refractivity contribution is 0.372. The molecule has 0 radical (unpaired) electrons. The molecule has 2 N–H and O–H groups in total. The van der Waals surface area contributed by atoms with Crippen molar-refractivity contribution in [3.05, 3.63) is 114 Å². The van der Waals surface area contributed by atoms with Gasteiger partial charge >= 0.3 is 8.60 Å². The van der Waals surface area contributed by atoms with Gasteiger partial charge in [-0.1, -0.05) is 84.9 Å². The summed E-state index contributed by atoms with van der Waals surface area (Å²) in [5, 5.41) is 0. The summed E-state index contributed by atoms with van der Waals surface area (Å²) in [6.07, 6.45) is 1.87. The Morgan fingerprint density at radius 3 is 1.72 bits per heavy atom. The van der Waals surface area contributed by atoms with Crippen molar-refractivity contribution in [3.8, 4) is 5.75 Å². The van der Waals surface area contributed by atoms with Crippen LogP contribution in [0.25, 0.3) is 0 Å². The fraction of sp³-hybridized carbons (Fsp3) is 0.0476. The van der Waals surface area contributed by atoms with Crippen molar-refractivity contribution in [2.75, 3.05) is 0 Å². The molecule has 0 aliphatic heterocycles. The van der Waals surface area contributed by atoms with E-state index in [0.29, 0.717) is 5.75 Å². The third-order valence-electron chi connectivity index (χ3n) is 4.26. The number of benzene rings is 3. The van der Waals surface area contributed by atoms with Crippen LogP contribution in [0, 0.1) is 0 Å². The van der Waals surface area contributed by atoms with Crippen molar-refractivity contribution in [1.82, 2.24) is 0 Å². The number of hydrogen-bond acceptors (Lipinski definition) is 3. The van der Waals surface area contributed by atoms with Crippen LogP contribution in [-0.4, -0.2) is 9.79 Å². The van der Waals surface area contributed by atoms with Crippen LogP contribution in [0.15, 0.2) is 97.6 Å². The molecule has 0 fully saturated rings. The zero-order valence-corrected chi connectivity index (χ0v) is 14.5. The maximum absolute atomic E-state index is 9.38. The number of rotatable bonds is 6. The monoisotopic (exact) mass is 350 g/mol. The molecule has 3 nitrogen and oxygen atoms in total. The lowest BCUT2D eigenvalue weighted by atomic mass is 9.69. The first kappa shape index (κ1) is 17.4. The van der Waals surface area contributed by atoms with Gasteiger partial charge in [0.1, 0.15) is 5.75 Å². The van der Waals surface area contributed by atoms with E-state index in [0.717, 1.165) is 16.7 Å². The van der Waals surface area contributed by atoms with Crippen molar-refractivity contribution < 1.29 is 14.3 Å². The van der Waals surface area contributed by atoms with E-state index in [-0.39, 0.29) is 0 Å². The van der Waals surface area contributed by atoms with Crippen molar-refractivity contribution in [3.63, 3.8) is 0 Å². The van der Waals surface area contributed by atoms with Gasteiger partial charge in [0.15, 0.2) is 0 Å². The van der Waals surface area contributed by atoms with E-state index < -0.39 is 14.0 Å². The maximum atomic E-state index is 9.38. The Morgan fingerprint density at radius 1 is 0.760 bits per heavy atom. The molecule has 0 saturated carbocycles. The standard InChI is InChI=1S/C21H19O3P/c1-2-21(17-11-5-3-6-12-17,18-13-7-4-8-14-18)19-15-9-10-16-20(19)24-25(22)23/h2-16,22-23H,1H2. The molecule has 0 spiro atoms. The van der Waals surface area contributed by atoms with E-state index in [1.807, 2.05) is 84.9 Å². The summed E-state index contributed by atoms with van der Waals surface area (Å²) in [5.74, 6) is 0.422. The molecule has 3 aromatic carbocycles. The van der Waals surface area contributed by atoms with Crippen LogP contribution < -0.4 is 4.52 Å². The highest BCUT2D eigenvalue weighted by Gasteiger charge is 2.36. The lowest BCUT2D eigenvalue weighted by Gasteiger charge is -2.34. The topological polar surface area (TPSA) is 49.7 Å². The predicted octanol–water partition coefficient (Wildman–Crippen LogP) is 4.80. The van der Waals surface area contributed by atoms with Crippen LogP contribution in [0.2, 0.25) is 0 Å². The number of para-hydroxylation sites is 1. The normalized spacial score (nSPS) is 11.3. The molecule has 0 aromatic heterocycles. The highest BCUT2D eigenvalue weighted by Crippen LogP contribution is 2.46. The molecule has 4 heteroatoms. The fourth-order valence-electron chi connectivity index (χ4n) is 3.19. The largest absolute Gasteiger partial charge is 0.427 e. The molecular weight excluding hydrogens is 331 g/mol. The van der Waals surface area contributed by atoms with Gasteiger partial charge in [-0.05, 0) is 17.2 Å². The van der Waals surface area contributed by atoms with E-state index >= 15 is 0 Å². The van der Waals surface area contributed by atoms with Crippen molar-refractivity contribution in [1.29, 1.82) is 0 Å². The Bertz CT molecular complexity index is 793. The van der Waals surface area contributed by atoms with Crippen molar-refractivity contribution in [2.24, 2.45) is 0 Å². The highest BCUT2D eigenvalue weighted by molar-refractivity contribution is 7.39. The van der Waals surface area contributed by atoms with Gasteiger partial charge in [0.25, 0.3) is 0 Å². The van der Waals surface area contributed by atoms with E-state index in [1.54, 1.807) is 6.07 Å². The Morgan fingerprint density at radius 2 is 1.24 bits per heavy atom. The summed E-state index contributed by atoms with van der Waals surface area (Å²) in [5.41, 5.74) is 2.17. The minimum Gasteiger partial charge on any atom is -0.427 e. The molecule has 0 bridgehead atoms. The summed E-state index contributed by atoms with van der Waals surface area (Å²) in [7, 11) is -2.52. The molecule has 126 valence electrons. The first-order valence-electron chi connectivity index (χ1n) is 7.88. The lowest BCUT2D eigenvalue weighted by Crippen LogP contribution is -2.27. The van der Waals surface area contributed by atoms with Crippen LogP contribution in [-0.2, 0) is 5.41 Å². The quantitative estimate of drug-likeness (QED) is 0.381. The Kier molecular flexibility index (Phi) is 5.30. The summed E-state index contributed by atoms with van der Waals surface area (Å²) in [4.78, 5) is 18.8. The molecule has 0 aliphatic carbocycles. The molecule has 0 atom stereocenters. The SMILES string of the molecule is C=CC(c1ccccc1)(c1ccccc1)c1ccccc1OP(O)O. The first-order chi connectivity index (χ1) is 12.2. The summed E-state index contributed by atoms with van der Waals surface area (Å²) in [6.45, 7) is 4.11. The second kappa shape index (κ2) is 7.62. The van der Waals surface area contributed by atoms with E-state index in [1.165, 1.54) is 0 Å². The van der Waals surface area contributed by atoms with E-state index in [2.05, 4.69) is 6.58 Å². The second-order valence-electron chi connectivity index (χ2n) is 5.58. The van der Waals surface area contributed by atoms with Gasteiger partial charge in [0, 0.05) is 5.56 Å². The van der Waals surface area contributed by atoms with Crippen molar-refractivity contribution >= 4 is 8.60 Å². The van der Waals surface area contributed by atoms with Gasteiger partial charge < -0.3 is 14.3 Å². The molecule has 0 saturated heterocycles. The third kappa shape index (κ3) is 3.35. The van der Waals surface area contributed by atoms with Gasteiger partial charge in [0.05, 0.1) is 5.41 Å².